The van der Waals surface area contributed by atoms with Gasteiger partial charge in [-0.1, -0.05) is 28.1 Å². The average Bonchev–Trinajstić information content (AvgIpc) is 3.33. The highest BCUT2D eigenvalue weighted by Crippen LogP contribution is 2.24. The predicted octanol–water partition coefficient (Wildman–Crippen LogP) is 2.50. The third-order valence-corrected chi connectivity index (χ3v) is 4.65. The molecular weight excluding hydrogens is 344 g/mol. The summed E-state index contributed by atoms with van der Waals surface area (Å²) in [6.07, 6.45) is 2.20. The standard InChI is InChI=1S/C16H19BrN4O/c17-13-3-1-2-12(10-13)15(11-18)20-6-8-21(9-7-20)16(22)19-14-4-5-14/h1-3,10,14-15H,4-9H2,(H,19,22). The first-order valence-corrected chi connectivity index (χ1v) is 8.41. The highest BCUT2D eigenvalue weighted by molar-refractivity contribution is 9.10. The van der Waals surface area contributed by atoms with Crippen molar-refractivity contribution in [2.45, 2.75) is 24.9 Å². The van der Waals surface area contributed by atoms with E-state index in [1.165, 1.54) is 0 Å². The summed E-state index contributed by atoms with van der Waals surface area (Å²) in [7, 11) is 0. The molecule has 1 aromatic rings. The Hall–Kier alpha value is -1.58. The molecular formula is C16H19BrN4O. The quantitative estimate of drug-likeness (QED) is 0.898. The lowest BCUT2D eigenvalue weighted by Gasteiger charge is -2.37. The molecule has 1 saturated heterocycles. The van der Waals surface area contributed by atoms with Crippen LogP contribution >= 0.6 is 15.9 Å². The highest BCUT2D eigenvalue weighted by atomic mass is 79.9. The van der Waals surface area contributed by atoms with Crippen LogP contribution in [0.2, 0.25) is 0 Å². The van der Waals surface area contributed by atoms with Gasteiger partial charge in [0.25, 0.3) is 0 Å². The van der Waals surface area contributed by atoms with Crippen LogP contribution < -0.4 is 5.32 Å². The lowest BCUT2D eigenvalue weighted by atomic mass is 10.1. The summed E-state index contributed by atoms with van der Waals surface area (Å²) in [6.45, 7) is 2.79. The van der Waals surface area contributed by atoms with E-state index in [-0.39, 0.29) is 12.1 Å². The number of halogens is 1. The number of hydrogen-bond donors (Lipinski definition) is 1. The zero-order valence-electron chi connectivity index (χ0n) is 12.3. The zero-order valence-corrected chi connectivity index (χ0v) is 13.9. The predicted molar refractivity (Wildman–Crippen MR) is 87.2 cm³/mol. The molecule has 0 radical (unpaired) electrons. The topological polar surface area (TPSA) is 59.4 Å². The average molecular weight is 363 g/mol. The van der Waals surface area contributed by atoms with E-state index in [0.717, 1.165) is 36.0 Å². The fourth-order valence-electron chi connectivity index (χ4n) is 2.72. The molecule has 5 nitrogen and oxygen atoms in total. The Labute approximate surface area is 139 Å². The molecule has 3 rings (SSSR count). The SMILES string of the molecule is N#CC(c1cccc(Br)c1)N1CCN(C(=O)NC2CC2)CC1. The number of amides is 2. The van der Waals surface area contributed by atoms with Crippen LogP contribution in [0, 0.1) is 11.3 Å². The molecule has 1 saturated carbocycles. The third kappa shape index (κ3) is 3.60. The van der Waals surface area contributed by atoms with E-state index < -0.39 is 0 Å². The Morgan fingerprint density at radius 1 is 1.32 bits per heavy atom. The molecule has 1 atom stereocenters. The Kier molecular flexibility index (Phi) is 4.65. The summed E-state index contributed by atoms with van der Waals surface area (Å²) >= 11 is 3.45. The van der Waals surface area contributed by atoms with E-state index in [1.807, 2.05) is 29.2 Å². The number of nitriles is 1. The van der Waals surface area contributed by atoms with Crippen molar-refractivity contribution >= 4 is 22.0 Å². The van der Waals surface area contributed by atoms with Crippen LogP contribution in [0.25, 0.3) is 0 Å². The van der Waals surface area contributed by atoms with E-state index in [2.05, 4.69) is 32.2 Å². The van der Waals surface area contributed by atoms with Crippen molar-refractivity contribution < 1.29 is 4.79 Å². The molecule has 1 aliphatic heterocycles. The minimum atomic E-state index is -0.258. The van der Waals surface area contributed by atoms with Gasteiger partial charge in [0.15, 0.2) is 0 Å². The van der Waals surface area contributed by atoms with Crippen molar-refractivity contribution in [3.05, 3.63) is 34.3 Å². The maximum atomic E-state index is 12.0. The smallest absolute Gasteiger partial charge is 0.317 e. The second-order valence-corrected chi connectivity index (χ2v) is 6.75. The van der Waals surface area contributed by atoms with E-state index in [9.17, 15) is 10.1 Å². The van der Waals surface area contributed by atoms with E-state index in [4.69, 9.17) is 0 Å². The van der Waals surface area contributed by atoms with E-state index in [0.29, 0.717) is 19.1 Å². The van der Waals surface area contributed by atoms with Crippen LogP contribution in [0.15, 0.2) is 28.7 Å². The maximum Gasteiger partial charge on any atom is 0.317 e. The molecule has 2 aliphatic rings. The molecule has 1 aromatic carbocycles. The van der Waals surface area contributed by atoms with Gasteiger partial charge in [-0.25, -0.2) is 4.79 Å². The molecule has 116 valence electrons. The lowest BCUT2D eigenvalue weighted by molar-refractivity contribution is 0.124. The second-order valence-electron chi connectivity index (χ2n) is 5.83. The van der Waals surface area contributed by atoms with Crippen molar-refractivity contribution in [2.75, 3.05) is 26.2 Å². The fourth-order valence-corrected chi connectivity index (χ4v) is 3.14. The molecule has 0 bridgehead atoms. The molecule has 0 spiro atoms. The molecule has 1 unspecified atom stereocenters. The number of hydrogen-bond acceptors (Lipinski definition) is 3. The first-order chi connectivity index (χ1) is 10.7. The van der Waals surface area contributed by atoms with Crippen LogP contribution in [0.5, 0.6) is 0 Å². The maximum absolute atomic E-state index is 12.0. The summed E-state index contributed by atoms with van der Waals surface area (Å²) in [5.41, 5.74) is 0.993. The van der Waals surface area contributed by atoms with Crippen molar-refractivity contribution in [3.63, 3.8) is 0 Å². The fraction of sp³-hybridized carbons (Fsp3) is 0.500. The van der Waals surface area contributed by atoms with Gasteiger partial charge < -0.3 is 10.2 Å². The lowest BCUT2D eigenvalue weighted by Crippen LogP contribution is -2.52. The van der Waals surface area contributed by atoms with Crippen LogP contribution in [-0.2, 0) is 0 Å². The molecule has 6 heteroatoms. The Morgan fingerprint density at radius 3 is 2.64 bits per heavy atom. The van der Waals surface area contributed by atoms with Crippen molar-refractivity contribution in [1.29, 1.82) is 5.26 Å². The van der Waals surface area contributed by atoms with Gasteiger partial charge in [-0.2, -0.15) is 5.26 Å². The largest absolute Gasteiger partial charge is 0.335 e. The van der Waals surface area contributed by atoms with Gasteiger partial charge in [-0.3, -0.25) is 4.90 Å². The molecule has 1 heterocycles. The number of rotatable bonds is 3. The molecule has 22 heavy (non-hydrogen) atoms. The highest BCUT2D eigenvalue weighted by Gasteiger charge is 2.30. The number of carbonyl (C=O) groups excluding carboxylic acids is 1. The third-order valence-electron chi connectivity index (χ3n) is 4.16. The molecule has 0 aromatic heterocycles. The summed E-state index contributed by atoms with van der Waals surface area (Å²) in [5, 5.41) is 12.5. The van der Waals surface area contributed by atoms with E-state index >= 15 is 0 Å². The minimum Gasteiger partial charge on any atom is -0.335 e. The molecule has 2 fully saturated rings. The van der Waals surface area contributed by atoms with Crippen molar-refractivity contribution in [3.8, 4) is 6.07 Å². The number of nitrogens with one attached hydrogen (secondary N) is 1. The minimum absolute atomic E-state index is 0.0399. The van der Waals surface area contributed by atoms with Gasteiger partial charge in [0.1, 0.15) is 6.04 Å². The van der Waals surface area contributed by atoms with Gasteiger partial charge in [-0.05, 0) is 30.5 Å². The summed E-state index contributed by atoms with van der Waals surface area (Å²) in [4.78, 5) is 16.0. The van der Waals surface area contributed by atoms with Gasteiger partial charge in [0.2, 0.25) is 0 Å². The summed E-state index contributed by atoms with van der Waals surface area (Å²) < 4.78 is 0.979. The Balaban J connectivity index is 1.59. The van der Waals surface area contributed by atoms with Gasteiger partial charge in [0, 0.05) is 36.7 Å². The number of carbonyl (C=O) groups is 1. The summed E-state index contributed by atoms with van der Waals surface area (Å²) in [6, 6.07) is 10.4. The van der Waals surface area contributed by atoms with E-state index in [1.54, 1.807) is 0 Å². The Bertz CT molecular complexity index is 588. The van der Waals surface area contributed by atoms with Gasteiger partial charge in [0.05, 0.1) is 6.07 Å². The summed E-state index contributed by atoms with van der Waals surface area (Å²) in [5.74, 6) is 0. The first kappa shape index (κ1) is 15.3. The number of piperazine rings is 1. The van der Waals surface area contributed by atoms with Crippen molar-refractivity contribution in [2.24, 2.45) is 0 Å². The monoisotopic (exact) mass is 362 g/mol. The molecule has 1 aliphatic carbocycles. The molecule has 1 N–H and O–H groups in total. The van der Waals surface area contributed by atoms with Gasteiger partial charge >= 0.3 is 6.03 Å². The second kappa shape index (κ2) is 6.67. The van der Waals surface area contributed by atoms with Crippen LogP contribution in [0.1, 0.15) is 24.4 Å². The van der Waals surface area contributed by atoms with Crippen LogP contribution in [0.3, 0.4) is 0 Å². The number of benzene rings is 1. The Morgan fingerprint density at radius 2 is 2.05 bits per heavy atom. The number of urea groups is 1. The van der Waals surface area contributed by atoms with Crippen molar-refractivity contribution in [1.82, 2.24) is 15.1 Å². The van der Waals surface area contributed by atoms with Gasteiger partial charge in [-0.15, -0.1) is 0 Å². The zero-order chi connectivity index (χ0) is 15.5. The first-order valence-electron chi connectivity index (χ1n) is 7.62. The number of nitrogens with zero attached hydrogens (tertiary/aromatic N) is 3. The van der Waals surface area contributed by atoms with Crippen LogP contribution in [0.4, 0.5) is 4.79 Å². The van der Waals surface area contributed by atoms with Crippen LogP contribution in [-0.4, -0.2) is 48.1 Å². The molecule has 2 amide bonds. The normalized spacial score (nSPS) is 20.3.